The Morgan fingerprint density at radius 1 is 0.846 bits per heavy atom. The number of nitrogens with one attached hydrogen (secondary N) is 4. The molecule has 4 rings (SSSR count). The zero-order valence-electron chi connectivity index (χ0n) is 33.3. The first-order valence-electron chi connectivity index (χ1n) is 20.4. The Labute approximate surface area is 315 Å². The third-order valence-electron chi connectivity index (χ3n) is 14.5. The monoisotopic (exact) mass is 756 g/mol. The normalized spacial score (nSPS) is 36.5. The van der Waals surface area contributed by atoms with Gasteiger partial charge in [0.1, 0.15) is 6.10 Å². The predicted octanol–water partition coefficient (Wildman–Crippen LogP) is 4.30. The van der Waals surface area contributed by atoms with Crippen LogP contribution in [0.4, 0.5) is 0 Å². The van der Waals surface area contributed by atoms with E-state index in [1.807, 2.05) is 0 Å². The predicted molar refractivity (Wildman–Crippen MR) is 205 cm³/mol. The van der Waals surface area contributed by atoms with Gasteiger partial charge in [0.2, 0.25) is 5.91 Å². The smallest absolute Gasteiger partial charge is 0.397 e. The van der Waals surface area contributed by atoms with Crippen molar-refractivity contribution in [2.75, 3.05) is 52.4 Å². The number of fused-ring (bicyclic) bond motifs is 5. The molecule has 4 aliphatic carbocycles. The van der Waals surface area contributed by atoms with Gasteiger partial charge in [0, 0.05) is 71.1 Å². The van der Waals surface area contributed by atoms with E-state index >= 15 is 0 Å². The third kappa shape index (κ3) is 9.90. The van der Waals surface area contributed by atoms with Gasteiger partial charge >= 0.3 is 16.4 Å². The molecule has 11 atom stereocenters. The number of ether oxygens (including phenoxy) is 1. The number of hydrogen-bond donors (Lipinski definition) is 6. The summed E-state index contributed by atoms with van der Waals surface area (Å²) in [6.45, 7) is 21.5. The van der Waals surface area contributed by atoms with Gasteiger partial charge in [-0.05, 0) is 97.2 Å². The molecule has 4 fully saturated rings. The second-order valence-corrected chi connectivity index (χ2v) is 18.9. The average molecular weight is 756 g/mol. The maximum atomic E-state index is 14.3. The molecular weight excluding hydrogens is 683 g/mol. The molecular formula is C39H73N5O7S. The molecule has 1 amide bonds. The molecule has 12 nitrogen and oxygen atoms in total. The van der Waals surface area contributed by atoms with Crippen LogP contribution < -0.4 is 27.0 Å². The standard InChI is InChI=1S/C39H73N5O7S/c1-26(2)9-8-10-29(36(46)44-24-23-43-22-21-42-20-19-41-18-17-40)35-31-11-12-34-37(5)15-14-32(51-52(47,48)49)27(3)30(37)13-16-38(34,6)39(31,7)25-33(35)50-28(4)45/h26-27,29-35,41-43H,8-25,40H2,1-7H3,(H,44,46)(H,47,48,49)/t27-,29-,30?,31?,32+,33-,34?,35-,37-,38-,39-/m0/s1. The van der Waals surface area contributed by atoms with E-state index in [0.29, 0.717) is 37.9 Å². The lowest BCUT2D eigenvalue weighted by molar-refractivity contribution is -0.201. The van der Waals surface area contributed by atoms with Gasteiger partial charge < -0.3 is 31.7 Å². The molecule has 0 aromatic rings. The summed E-state index contributed by atoms with van der Waals surface area (Å²) in [6, 6.07) is 0. The molecule has 13 heteroatoms. The lowest BCUT2D eigenvalue weighted by atomic mass is 9.37. The van der Waals surface area contributed by atoms with Gasteiger partial charge in [-0.3, -0.25) is 14.1 Å². The van der Waals surface area contributed by atoms with E-state index in [2.05, 4.69) is 62.8 Å². The van der Waals surface area contributed by atoms with E-state index in [0.717, 1.165) is 90.5 Å². The lowest BCUT2D eigenvalue weighted by Gasteiger charge is -2.68. The number of carbonyl (C=O) groups excluding carboxylic acids is 2. The van der Waals surface area contributed by atoms with E-state index in [4.69, 9.17) is 14.7 Å². The van der Waals surface area contributed by atoms with E-state index in [1.165, 1.54) is 6.92 Å². The van der Waals surface area contributed by atoms with Crippen LogP contribution in [0, 0.1) is 57.7 Å². The summed E-state index contributed by atoms with van der Waals surface area (Å²) in [7, 11) is -4.52. The van der Waals surface area contributed by atoms with Gasteiger partial charge in [0.05, 0.1) is 6.10 Å². The average Bonchev–Trinajstić information content (AvgIpc) is 3.34. The van der Waals surface area contributed by atoms with Crippen molar-refractivity contribution in [2.45, 2.75) is 125 Å². The topological polar surface area (TPSA) is 181 Å². The first kappa shape index (κ1) is 43.4. The molecule has 4 aliphatic rings. The molecule has 4 saturated carbocycles. The molecule has 0 radical (unpaired) electrons. The summed E-state index contributed by atoms with van der Waals surface area (Å²) < 4.78 is 44.3. The highest BCUT2D eigenvalue weighted by molar-refractivity contribution is 7.80. The minimum atomic E-state index is -4.52. The van der Waals surface area contributed by atoms with Crippen LogP contribution in [0.1, 0.15) is 113 Å². The summed E-state index contributed by atoms with van der Waals surface area (Å²) in [6.07, 6.45) is 8.09. The second-order valence-electron chi connectivity index (χ2n) is 17.9. The van der Waals surface area contributed by atoms with Gasteiger partial charge in [0.15, 0.2) is 0 Å². The van der Waals surface area contributed by atoms with Crippen LogP contribution in [-0.4, -0.2) is 89.4 Å². The zero-order chi connectivity index (χ0) is 38.3. The van der Waals surface area contributed by atoms with Crippen molar-refractivity contribution in [2.24, 2.45) is 63.4 Å². The van der Waals surface area contributed by atoms with Crippen LogP contribution in [0.25, 0.3) is 0 Å². The van der Waals surface area contributed by atoms with Crippen LogP contribution in [0.3, 0.4) is 0 Å². The largest absolute Gasteiger partial charge is 0.462 e. The molecule has 0 aromatic heterocycles. The molecule has 0 aromatic carbocycles. The van der Waals surface area contributed by atoms with Crippen molar-refractivity contribution < 1.29 is 31.5 Å². The van der Waals surface area contributed by atoms with Crippen molar-refractivity contribution in [3.05, 3.63) is 0 Å². The van der Waals surface area contributed by atoms with Crippen LogP contribution in [0.15, 0.2) is 0 Å². The van der Waals surface area contributed by atoms with Gasteiger partial charge in [-0.25, -0.2) is 4.18 Å². The quantitative estimate of drug-likeness (QED) is 0.0593. The minimum absolute atomic E-state index is 0.00410. The molecule has 0 saturated heterocycles. The number of esters is 1. The highest BCUT2D eigenvalue weighted by Crippen LogP contribution is 2.75. The molecule has 302 valence electrons. The highest BCUT2D eigenvalue weighted by atomic mass is 32.3. The van der Waals surface area contributed by atoms with E-state index in [1.54, 1.807) is 0 Å². The second kappa shape index (κ2) is 18.5. The molecule has 0 heterocycles. The molecule has 0 aliphatic heterocycles. The lowest BCUT2D eigenvalue weighted by Crippen LogP contribution is -2.62. The summed E-state index contributed by atoms with van der Waals surface area (Å²) in [4.78, 5) is 26.9. The number of rotatable bonds is 20. The zero-order valence-corrected chi connectivity index (χ0v) is 34.1. The van der Waals surface area contributed by atoms with Crippen LogP contribution in [0.5, 0.6) is 0 Å². The first-order chi connectivity index (χ1) is 24.5. The Morgan fingerprint density at radius 3 is 2.08 bits per heavy atom. The van der Waals surface area contributed by atoms with Gasteiger partial charge in [-0.2, -0.15) is 8.42 Å². The fraction of sp³-hybridized carbons (Fsp3) is 0.949. The Bertz CT molecular complexity index is 1290. The van der Waals surface area contributed by atoms with Crippen molar-refractivity contribution >= 4 is 22.3 Å². The Balaban J connectivity index is 1.50. The van der Waals surface area contributed by atoms with Crippen LogP contribution in [0.2, 0.25) is 0 Å². The van der Waals surface area contributed by atoms with Gasteiger partial charge in [0.25, 0.3) is 0 Å². The summed E-state index contributed by atoms with van der Waals surface area (Å²) in [5.74, 6) is 0.987. The van der Waals surface area contributed by atoms with Gasteiger partial charge in [-0.15, -0.1) is 0 Å². The summed E-state index contributed by atoms with van der Waals surface area (Å²) in [5.41, 5.74) is 5.34. The molecule has 0 bridgehead atoms. The van der Waals surface area contributed by atoms with Crippen molar-refractivity contribution in [1.29, 1.82) is 0 Å². The Morgan fingerprint density at radius 2 is 1.48 bits per heavy atom. The van der Waals surface area contributed by atoms with E-state index < -0.39 is 16.5 Å². The minimum Gasteiger partial charge on any atom is -0.462 e. The number of carbonyl (C=O) groups is 2. The maximum Gasteiger partial charge on any atom is 0.397 e. The van der Waals surface area contributed by atoms with Crippen molar-refractivity contribution in [1.82, 2.24) is 21.3 Å². The molecule has 0 spiro atoms. The number of nitrogens with two attached hydrogens (primary N) is 1. The highest BCUT2D eigenvalue weighted by Gasteiger charge is 2.70. The molecule has 3 unspecified atom stereocenters. The molecule has 7 N–H and O–H groups in total. The van der Waals surface area contributed by atoms with Crippen molar-refractivity contribution in [3.8, 4) is 0 Å². The van der Waals surface area contributed by atoms with Crippen LogP contribution >= 0.6 is 0 Å². The third-order valence-corrected chi connectivity index (χ3v) is 15.0. The van der Waals surface area contributed by atoms with Crippen LogP contribution in [-0.2, 0) is 28.9 Å². The fourth-order valence-corrected chi connectivity index (χ4v) is 12.6. The Kier molecular flexibility index (Phi) is 15.5. The SMILES string of the molecule is CC(=O)O[C@H]1C[C@@]2(C)C(CCC3[C@@]4(C)CC[C@@H](OS(=O)(=O)O)[C@@H](C)C4CC[C@@]32C)[C@@H]1[C@H](CCCC(C)C)C(=O)NCCNCCNCCNCCN. The van der Waals surface area contributed by atoms with Crippen molar-refractivity contribution in [3.63, 3.8) is 0 Å². The van der Waals surface area contributed by atoms with E-state index in [9.17, 15) is 22.6 Å². The van der Waals surface area contributed by atoms with E-state index in [-0.39, 0.29) is 63.8 Å². The number of amides is 1. The number of hydrogen-bond acceptors (Lipinski definition) is 10. The Hall–Kier alpha value is -1.35. The maximum absolute atomic E-state index is 14.3. The summed E-state index contributed by atoms with van der Waals surface area (Å²) >= 11 is 0. The molecule has 52 heavy (non-hydrogen) atoms. The first-order valence-corrected chi connectivity index (χ1v) is 21.8. The fourth-order valence-electron chi connectivity index (χ4n) is 12.0. The van der Waals surface area contributed by atoms with Gasteiger partial charge in [-0.1, -0.05) is 54.4 Å². The summed E-state index contributed by atoms with van der Waals surface area (Å²) in [5, 5.41) is 13.4.